The largest absolute Gasteiger partial charge is 0.496 e. The smallest absolute Gasteiger partial charge is 0.123 e. The van der Waals surface area contributed by atoms with E-state index >= 15 is 0 Å². The van der Waals surface area contributed by atoms with E-state index in [1.54, 1.807) is 7.11 Å². The Morgan fingerprint density at radius 1 is 1.26 bits per heavy atom. The minimum Gasteiger partial charge on any atom is -0.496 e. The Morgan fingerprint density at radius 3 is 2.68 bits per heavy atom. The van der Waals surface area contributed by atoms with Gasteiger partial charge in [0.2, 0.25) is 0 Å². The first kappa shape index (κ1) is 14.4. The van der Waals surface area contributed by atoms with Crippen LogP contribution in [-0.4, -0.2) is 13.7 Å². The number of rotatable bonds is 5. The lowest BCUT2D eigenvalue weighted by Gasteiger charge is -2.25. The van der Waals surface area contributed by atoms with E-state index in [9.17, 15) is 0 Å². The average Bonchev–Trinajstić information content (AvgIpc) is 2.46. The predicted octanol–water partition coefficient (Wildman–Crippen LogP) is 4.23. The molecule has 0 radical (unpaired) electrons. The molecule has 1 aromatic rings. The topological polar surface area (TPSA) is 21.3 Å². The molecule has 19 heavy (non-hydrogen) atoms. The number of methoxy groups -OCH3 is 1. The van der Waals surface area contributed by atoms with Gasteiger partial charge in [-0.1, -0.05) is 37.0 Å². The van der Waals surface area contributed by atoms with Crippen molar-refractivity contribution < 1.29 is 4.74 Å². The molecule has 1 fully saturated rings. The SMILES string of the molecule is COc1ccc(C)cc1C(C)NCC1CCCCC1. The van der Waals surface area contributed by atoms with Crippen LogP contribution in [0, 0.1) is 12.8 Å². The van der Waals surface area contributed by atoms with Gasteiger partial charge in [-0.05, 0) is 45.2 Å². The Balaban J connectivity index is 1.94. The molecule has 2 rings (SSSR count). The maximum absolute atomic E-state index is 5.47. The van der Waals surface area contributed by atoms with E-state index in [-0.39, 0.29) is 0 Å². The Morgan fingerprint density at radius 2 is 2.00 bits per heavy atom. The quantitative estimate of drug-likeness (QED) is 0.856. The van der Waals surface area contributed by atoms with Crippen LogP contribution in [0.1, 0.15) is 56.2 Å². The van der Waals surface area contributed by atoms with E-state index in [4.69, 9.17) is 4.74 Å². The van der Waals surface area contributed by atoms with Crippen LogP contribution in [0.25, 0.3) is 0 Å². The Bertz CT molecular complexity index is 396. The van der Waals surface area contributed by atoms with Crippen molar-refractivity contribution in [3.63, 3.8) is 0 Å². The number of hydrogen-bond acceptors (Lipinski definition) is 2. The first-order valence-corrected chi connectivity index (χ1v) is 7.58. The van der Waals surface area contributed by atoms with Gasteiger partial charge in [-0.3, -0.25) is 0 Å². The minimum atomic E-state index is 0.358. The third kappa shape index (κ3) is 3.97. The summed E-state index contributed by atoms with van der Waals surface area (Å²) in [4.78, 5) is 0. The van der Waals surface area contributed by atoms with Crippen molar-refractivity contribution in [2.45, 2.75) is 52.0 Å². The molecule has 0 spiro atoms. The van der Waals surface area contributed by atoms with Gasteiger partial charge in [-0.25, -0.2) is 0 Å². The lowest BCUT2D eigenvalue weighted by Crippen LogP contribution is -2.27. The second-order valence-corrected chi connectivity index (χ2v) is 5.88. The number of aryl methyl sites for hydroxylation is 1. The Kier molecular flexibility index (Phi) is 5.26. The molecule has 1 aromatic carbocycles. The predicted molar refractivity (Wildman–Crippen MR) is 80.7 cm³/mol. The summed E-state index contributed by atoms with van der Waals surface area (Å²) in [6.07, 6.45) is 7.04. The van der Waals surface area contributed by atoms with Gasteiger partial charge in [-0.2, -0.15) is 0 Å². The monoisotopic (exact) mass is 261 g/mol. The molecule has 0 aromatic heterocycles. The van der Waals surface area contributed by atoms with Gasteiger partial charge >= 0.3 is 0 Å². The molecule has 2 nitrogen and oxygen atoms in total. The van der Waals surface area contributed by atoms with Gasteiger partial charge in [0.1, 0.15) is 5.75 Å². The normalized spacial score (nSPS) is 18.3. The van der Waals surface area contributed by atoms with Crippen molar-refractivity contribution in [1.82, 2.24) is 5.32 Å². The van der Waals surface area contributed by atoms with E-state index in [0.717, 1.165) is 18.2 Å². The van der Waals surface area contributed by atoms with Gasteiger partial charge in [0.25, 0.3) is 0 Å². The molecule has 1 atom stereocenters. The van der Waals surface area contributed by atoms with Crippen molar-refractivity contribution in [3.05, 3.63) is 29.3 Å². The molecule has 0 amide bonds. The second kappa shape index (κ2) is 6.95. The molecular weight excluding hydrogens is 234 g/mol. The fourth-order valence-corrected chi connectivity index (χ4v) is 3.04. The first-order chi connectivity index (χ1) is 9.20. The third-order valence-electron chi connectivity index (χ3n) is 4.29. The summed E-state index contributed by atoms with van der Waals surface area (Å²) in [6, 6.07) is 6.77. The van der Waals surface area contributed by atoms with Gasteiger partial charge in [-0.15, -0.1) is 0 Å². The van der Waals surface area contributed by atoms with Crippen molar-refractivity contribution in [2.75, 3.05) is 13.7 Å². The fraction of sp³-hybridized carbons (Fsp3) is 0.647. The number of hydrogen-bond donors (Lipinski definition) is 1. The average molecular weight is 261 g/mol. The highest BCUT2D eigenvalue weighted by Crippen LogP contribution is 2.27. The zero-order valence-electron chi connectivity index (χ0n) is 12.5. The van der Waals surface area contributed by atoms with E-state index in [0.29, 0.717) is 6.04 Å². The highest BCUT2D eigenvalue weighted by atomic mass is 16.5. The summed E-state index contributed by atoms with van der Waals surface area (Å²) in [5.74, 6) is 1.86. The Hall–Kier alpha value is -1.02. The molecule has 1 aliphatic carbocycles. The van der Waals surface area contributed by atoms with E-state index in [2.05, 4.69) is 37.4 Å². The maximum atomic E-state index is 5.47. The van der Waals surface area contributed by atoms with Gasteiger partial charge < -0.3 is 10.1 Å². The Labute approximate surface area is 117 Å². The summed E-state index contributed by atoms with van der Waals surface area (Å²) in [7, 11) is 1.75. The molecule has 0 aliphatic heterocycles. The molecule has 1 saturated carbocycles. The van der Waals surface area contributed by atoms with Gasteiger partial charge in [0, 0.05) is 11.6 Å². The highest BCUT2D eigenvalue weighted by Gasteiger charge is 2.16. The van der Waals surface area contributed by atoms with Crippen LogP contribution < -0.4 is 10.1 Å². The standard InChI is InChI=1S/C17H27NO/c1-13-9-10-17(19-3)16(11-13)14(2)18-12-15-7-5-4-6-8-15/h9-11,14-15,18H,4-8,12H2,1-3H3. The van der Waals surface area contributed by atoms with Crippen LogP contribution in [0.2, 0.25) is 0 Å². The lowest BCUT2D eigenvalue weighted by atomic mass is 9.89. The zero-order valence-corrected chi connectivity index (χ0v) is 12.5. The van der Waals surface area contributed by atoms with Crippen LogP contribution in [0.3, 0.4) is 0 Å². The molecule has 0 saturated heterocycles. The van der Waals surface area contributed by atoms with Crippen LogP contribution in [0.15, 0.2) is 18.2 Å². The molecule has 0 heterocycles. The van der Waals surface area contributed by atoms with E-state index < -0.39 is 0 Å². The van der Waals surface area contributed by atoms with Crippen molar-refractivity contribution in [1.29, 1.82) is 0 Å². The van der Waals surface area contributed by atoms with E-state index in [1.807, 2.05) is 0 Å². The fourth-order valence-electron chi connectivity index (χ4n) is 3.04. The molecule has 2 heteroatoms. The summed E-state index contributed by atoms with van der Waals surface area (Å²) in [5, 5.41) is 3.69. The molecule has 1 aliphatic rings. The molecule has 1 unspecified atom stereocenters. The number of nitrogens with one attached hydrogen (secondary N) is 1. The van der Waals surface area contributed by atoms with Crippen LogP contribution in [-0.2, 0) is 0 Å². The molecule has 0 bridgehead atoms. The van der Waals surface area contributed by atoms with E-state index in [1.165, 1.54) is 43.2 Å². The number of benzene rings is 1. The summed E-state index contributed by atoms with van der Waals surface area (Å²) >= 11 is 0. The minimum absolute atomic E-state index is 0.358. The first-order valence-electron chi connectivity index (χ1n) is 7.58. The summed E-state index contributed by atoms with van der Waals surface area (Å²) in [6.45, 7) is 5.51. The summed E-state index contributed by atoms with van der Waals surface area (Å²) in [5.41, 5.74) is 2.57. The molecule has 106 valence electrons. The van der Waals surface area contributed by atoms with Crippen LogP contribution >= 0.6 is 0 Å². The molecular formula is C17H27NO. The highest BCUT2D eigenvalue weighted by molar-refractivity contribution is 5.38. The lowest BCUT2D eigenvalue weighted by molar-refractivity contribution is 0.328. The van der Waals surface area contributed by atoms with Gasteiger partial charge in [0.15, 0.2) is 0 Å². The van der Waals surface area contributed by atoms with Crippen molar-refractivity contribution in [3.8, 4) is 5.75 Å². The summed E-state index contributed by atoms with van der Waals surface area (Å²) < 4.78 is 5.47. The van der Waals surface area contributed by atoms with Crippen molar-refractivity contribution >= 4 is 0 Å². The maximum Gasteiger partial charge on any atom is 0.123 e. The van der Waals surface area contributed by atoms with Crippen LogP contribution in [0.4, 0.5) is 0 Å². The second-order valence-electron chi connectivity index (χ2n) is 5.88. The van der Waals surface area contributed by atoms with Gasteiger partial charge in [0.05, 0.1) is 7.11 Å². The molecule has 1 N–H and O–H groups in total. The van der Waals surface area contributed by atoms with Crippen LogP contribution in [0.5, 0.6) is 5.75 Å². The third-order valence-corrected chi connectivity index (χ3v) is 4.29. The zero-order chi connectivity index (χ0) is 13.7. The number of ether oxygens (including phenoxy) is 1. The van der Waals surface area contributed by atoms with Crippen molar-refractivity contribution in [2.24, 2.45) is 5.92 Å².